The van der Waals surface area contributed by atoms with Crippen LogP contribution in [-0.4, -0.2) is 39.7 Å². The number of fused-ring (bicyclic) bond motifs is 2. The molecule has 0 bridgehead atoms. The van der Waals surface area contributed by atoms with Crippen LogP contribution in [0.1, 0.15) is 84.0 Å². The number of nitrogens with two attached hydrogens (primary N) is 4. The number of hydrazone groups is 2. The molecule has 4 aromatic carbocycles. The molecule has 6 rings (SSSR count). The molecule has 270 valence electrons. The molecule has 52 heavy (non-hydrogen) atoms. The highest BCUT2D eigenvalue weighted by Gasteiger charge is 2.53. The quantitative estimate of drug-likeness (QED) is 0.107. The first-order valence-corrected chi connectivity index (χ1v) is 20.0. The number of nitrogens with one attached hydrogen (secondary N) is 2. The van der Waals surface area contributed by atoms with E-state index in [0.29, 0.717) is 59.1 Å². The average molecular weight is 739 g/mol. The van der Waals surface area contributed by atoms with Crippen molar-refractivity contribution in [2.24, 2.45) is 32.2 Å². The van der Waals surface area contributed by atoms with Crippen LogP contribution < -0.4 is 22.0 Å². The molecule has 0 aliphatic heterocycles. The van der Waals surface area contributed by atoms with E-state index >= 15 is 0 Å². The van der Waals surface area contributed by atoms with Crippen molar-refractivity contribution in [2.45, 2.75) is 61.9 Å². The molecule has 0 radical (unpaired) electrons. The molecule has 12 nitrogen and oxygen atoms in total. The predicted octanol–water partition coefficient (Wildman–Crippen LogP) is 4.50. The molecule has 14 heteroatoms. The first-order valence-electron chi connectivity index (χ1n) is 16.9. The Bertz CT molecular complexity index is 2260. The van der Waals surface area contributed by atoms with Crippen molar-refractivity contribution in [1.29, 1.82) is 10.8 Å². The summed E-state index contributed by atoms with van der Waals surface area (Å²) in [5.41, 5.74) is 5.96. The van der Waals surface area contributed by atoms with Gasteiger partial charge in [-0.1, -0.05) is 112 Å². The average Bonchev–Trinajstić information content (AvgIpc) is 3.12. The topological polar surface area (TPSA) is 245 Å². The van der Waals surface area contributed by atoms with Gasteiger partial charge in [0.2, 0.25) is 20.0 Å². The normalized spacial score (nSPS) is 22.0. The van der Waals surface area contributed by atoms with E-state index in [1.165, 1.54) is 0 Å². The summed E-state index contributed by atoms with van der Waals surface area (Å²) >= 11 is 0. The summed E-state index contributed by atoms with van der Waals surface area (Å²) in [6.07, 6.45) is 2.03. The van der Waals surface area contributed by atoms with Gasteiger partial charge in [-0.05, 0) is 57.3 Å². The van der Waals surface area contributed by atoms with Crippen molar-refractivity contribution in [2.75, 3.05) is 0 Å². The monoisotopic (exact) mass is 738 g/mol. The van der Waals surface area contributed by atoms with Crippen molar-refractivity contribution in [1.82, 2.24) is 0 Å². The predicted molar refractivity (Wildman–Crippen MR) is 207 cm³/mol. The Hall–Kier alpha value is -5.02. The maximum absolute atomic E-state index is 13.8. The number of nitrogens with zero attached hydrogens (tertiary/aromatic N) is 2. The van der Waals surface area contributed by atoms with Crippen LogP contribution in [0, 0.1) is 10.8 Å². The number of primary sulfonamides is 2. The van der Waals surface area contributed by atoms with E-state index in [-0.39, 0.29) is 35.7 Å². The first-order chi connectivity index (χ1) is 24.7. The third kappa shape index (κ3) is 5.57. The van der Waals surface area contributed by atoms with Crippen molar-refractivity contribution >= 4 is 42.9 Å². The molecule has 0 spiro atoms. The minimum absolute atomic E-state index is 0.0501. The molecule has 10 N–H and O–H groups in total. The molecule has 0 aromatic heterocycles. The lowest BCUT2D eigenvalue weighted by molar-refractivity contribution is 0.554. The number of hydrogen-bond donors (Lipinski definition) is 6. The van der Waals surface area contributed by atoms with Gasteiger partial charge in [-0.3, -0.25) is 10.8 Å². The van der Waals surface area contributed by atoms with Crippen LogP contribution in [0.3, 0.4) is 0 Å². The lowest BCUT2D eigenvalue weighted by atomic mass is 9.73. The van der Waals surface area contributed by atoms with Gasteiger partial charge in [-0.2, -0.15) is 10.2 Å². The van der Waals surface area contributed by atoms with Gasteiger partial charge < -0.3 is 11.7 Å². The molecule has 2 aliphatic carbocycles. The smallest absolute Gasteiger partial charge is 0.223 e. The zero-order valence-electron chi connectivity index (χ0n) is 29.0. The summed E-state index contributed by atoms with van der Waals surface area (Å²) in [5, 5.41) is 37.3. The Morgan fingerprint density at radius 1 is 0.596 bits per heavy atom. The van der Waals surface area contributed by atoms with Gasteiger partial charge in [0.05, 0.1) is 22.8 Å². The largest absolute Gasteiger partial charge is 0.323 e. The summed E-state index contributed by atoms with van der Waals surface area (Å²) in [7, 11) is -8.72. The third-order valence-corrected chi connectivity index (χ3v) is 13.5. The van der Waals surface area contributed by atoms with Crippen molar-refractivity contribution in [3.8, 4) is 11.1 Å². The standard InChI is InChI=1S/C38H42N8O4S2/c1-3-9-25-19-23(15-17-29(25)37(51(43,47)48)21-33(45-41)35(39)27-11-5-7-13-31(27)37)24-16-18-30(26(20-24)10-4-2)38(52(44,49)50)22-34(46-42)36(40)28-12-6-8-14-32(28)38/h5-8,11-20,39-40H,3-4,9-10,21-22,41-42H2,1-2H3,(H2,43,47,48)(H2,44,49,50). The van der Waals surface area contributed by atoms with Gasteiger partial charge in [-0.15, -0.1) is 0 Å². The molecule has 2 atom stereocenters. The van der Waals surface area contributed by atoms with Gasteiger partial charge in [-0.25, -0.2) is 27.1 Å². The summed E-state index contributed by atoms with van der Waals surface area (Å²) in [6.45, 7) is 4.00. The maximum atomic E-state index is 13.8. The first kappa shape index (κ1) is 36.8. The number of hydrogen-bond acceptors (Lipinski definition) is 10. The number of sulfonamides is 2. The van der Waals surface area contributed by atoms with Gasteiger partial charge >= 0.3 is 0 Å². The second-order valence-corrected chi connectivity index (χ2v) is 16.9. The van der Waals surface area contributed by atoms with E-state index in [9.17, 15) is 16.8 Å². The van der Waals surface area contributed by atoms with E-state index in [1.807, 2.05) is 38.1 Å². The maximum Gasteiger partial charge on any atom is 0.223 e. The fourth-order valence-corrected chi connectivity index (χ4v) is 10.7. The van der Waals surface area contributed by atoms with E-state index < -0.39 is 29.5 Å². The van der Waals surface area contributed by atoms with Gasteiger partial charge in [0.25, 0.3) is 0 Å². The third-order valence-electron chi connectivity index (χ3n) is 10.4. The summed E-state index contributed by atoms with van der Waals surface area (Å²) in [6, 6.07) is 24.8. The number of rotatable bonds is 9. The highest BCUT2D eigenvalue weighted by molar-refractivity contribution is 7.90. The lowest BCUT2D eigenvalue weighted by Crippen LogP contribution is -2.49. The van der Waals surface area contributed by atoms with Crippen molar-refractivity contribution in [3.63, 3.8) is 0 Å². The Morgan fingerprint density at radius 2 is 0.962 bits per heavy atom. The zero-order valence-corrected chi connectivity index (χ0v) is 30.6. The molecular weight excluding hydrogens is 697 g/mol. The molecule has 0 heterocycles. The molecule has 2 unspecified atom stereocenters. The van der Waals surface area contributed by atoms with Gasteiger partial charge in [0.1, 0.15) is 9.49 Å². The number of aryl methyl sites for hydroxylation is 2. The van der Waals surface area contributed by atoms with Crippen LogP contribution in [0.25, 0.3) is 11.1 Å². The molecule has 0 amide bonds. The van der Waals surface area contributed by atoms with E-state index in [0.717, 1.165) is 22.3 Å². The van der Waals surface area contributed by atoms with Crippen molar-refractivity contribution < 1.29 is 16.8 Å². The molecule has 0 saturated heterocycles. The Morgan fingerprint density at radius 3 is 1.29 bits per heavy atom. The van der Waals surface area contributed by atoms with Crippen LogP contribution in [0.5, 0.6) is 0 Å². The fraction of sp³-hybridized carbons (Fsp3) is 0.263. The highest BCUT2D eigenvalue weighted by Crippen LogP contribution is 2.49. The summed E-state index contributed by atoms with van der Waals surface area (Å²) in [4.78, 5) is 0. The molecule has 4 aromatic rings. The van der Waals surface area contributed by atoms with Crippen LogP contribution in [-0.2, 0) is 42.4 Å². The summed E-state index contributed by atoms with van der Waals surface area (Å²) < 4.78 is 51.9. The zero-order chi connectivity index (χ0) is 37.6. The fourth-order valence-electron chi connectivity index (χ4n) is 8.06. The van der Waals surface area contributed by atoms with Crippen LogP contribution in [0.15, 0.2) is 95.1 Å². The Balaban J connectivity index is 1.58. The second kappa shape index (κ2) is 13.5. The minimum Gasteiger partial charge on any atom is -0.323 e. The Kier molecular flexibility index (Phi) is 9.55. The number of benzene rings is 4. The Labute approximate surface area is 304 Å². The van der Waals surface area contributed by atoms with Crippen LogP contribution >= 0.6 is 0 Å². The molecule has 0 fully saturated rings. The molecule has 2 aliphatic rings. The molecule has 0 saturated carbocycles. The van der Waals surface area contributed by atoms with E-state index in [2.05, 4.69) is 10.2 Å². The van der Waals surface area contributed by atoms with Gasteiger partial charge in [0.15, 0.2) is 0 Å². The van der Waals surface area contributed by atoms with Crippen molar-refractivity contribution in [3.05, 3.63) is 129 Å². The SMILES string of the molecule is CCCc1cc(-c2ccc(C3(S(N)(=O)=O)CC(=NN)C(=N)c4ccccc43)c(CCC)c2)ccc1C1(S(N)(=O)=O)CC(=NN)C(=N)c2ccccc21. The van der Waals surface area contributed by atoms with E-state index in [1.54, 1.807) is 60.7 Å². The molecular formula is C38H42N8O4S2. The second-order valence-electron chi connectivity index (χ2n) is 13.3. The minimum atomic E-state index is -4.36. The highest BCUT2D eigenvalue weighted by atomic mass is 32.2. The van der Waals surface area contributed by atoms with Crippen LogP contribution in [0.4, 0.5) is 0 Å². The van der Waals surface area contributed by atoms with Crippen LogP contribution in [0.2, 0.25) is 0 Å². The van der Waals surface area contributed by atoms with E-state index in [4.69, 9.17) is 32.8 Å². The lowest BCUT2D eigenvalue weighted by Gasteiger charge is -2.39. The van der Waals surface area contributed by atoms with Gasteiger partial charge in [0, 0.05) is 24.0 Å². The summed E-state index contributed by atoms with van der Waals surface area (Å²) in [5.74, 6) is 11.4.